The van der Waals surface area contributed by atoms with Gasteiger partial charge in [-0.2, -0.15) is 11.8 Å². The van der Waals surface area contributed by atoms with E-state index in [1.165, 1.54) is 6.07 Å². The molecule has 1 aromatic rings. The van der Waals surface area contributed by atoms with Gasteiger partial charge in [0.25, 0.3) is 0 Å². The fourth-order valence-corrected chi connectivity index (χ4v) is 1.42. The highest BCUT2D eigenvalue weighted by molar-refractivity contribution is 9.10. The summed E-state index contributed by atoms with van der Waals surface area (Å²) in [5, 5.41) is 0. The van der Waals surface area contributed by atoms with Gasteiger partial charge in [-0.3, -0.25) is 0 Å². The molecule has 0 N–H and O–H groups in total. The topological polar surface area (TPSA) is 9.23 Å². The summed E-state index contributed by atoms with van der Waals surface area (Å²) in [7, 11) is 0. The number of benzene rings is 1. The van der Waals surface area contributed by atoms with Crippen LogP contribution >= 0.6 is 27.7 Å². The summed E-state index contributed by atoms with van der Waals surface area (Å²) in [6.07, 6.45) is 2.02. The number of halogens is 2. The maximum absolute atomic E-state index is 12.8. The third-order valence-corrected chi connectivity index (χ3v) is 2.63. The van der Waals surface area contributed by atoms with Gasteiger partial charge in [-0.25, -0.2) is 4.39 Å². The summed E-state index contributed by atoms with van der Waals surface area (Å²) in [6.45, 7) is 0.652. The van der Waals surface area contributed by atoms with Crippen molar-refractivity contribution in [3.63, 3.8) is 0 Å². The number of thioether (sulfide) groups is 1. The zero-order valence-corrected chi connectivity index (χ0v) is 9.62. The van der Waals surface area contributed by atoms with Crippen LogP contribution in [0.25, 0.3) is 0 Å². The van der Waals surface area contributed by atoms with Crippen molar-refractivity contribution in [2.75, 3.05) is 18.6 Å². The molecule has 1 nitrogen and oxygen atoms in total. The van der Waals surface area contributed by atoms with Crippen molar-refractivity contribution in [1.82, 2.24) is 0 Å². The van der Waals surface area contributed by atoms with Crippen molar-refractivity contribution >= 4 is 27.7 Å². The molecule has 72 valence electrons. The molecule has 0 aromatic heterocycles. The molecule has 0 saturated carbocycles. The van der Waals surface area contributed by atoms with Gasteiger partial charge in [-0.1, -0.05) is 0 Å². The molecule has 0 unspecified atom stereocenters. The van der Waals surface area contributed by atoms with Crippen LogP contribution in [0.4, 0.5) is 4.39 Å². The van der Waals surface area contributed by atoms with E-state index in [4.69, 9.17) is 4.74 Å². The Morgan fingerprint density at radius 1 is 1.54 bits per heavy atom. The maximum Gasteiger partial charge on any atom is 0.137 e. The van der Waals surface area contributed by atoms with Crippen LogP contribution in [-0.2, 0) is 0 Å². The molecule has 0 spiro atoms. The summed E-state index contributed by atoms with van der Waals surface area (Å²) in [6, 6.07) is 4.65. The predicted molar refractivity (Wildman–Crippen MR) is 58.0 cm³/mol. The summed E-state index contributed by atoms with van der Waals surface area (Å²) in [5.74, 6) is 1.37. The van der Waals surface area contributed by atoms with E-state index < -0.39 is 0 Å². The Morgan fingerprint density at radius 2 is 2.31 bits per heavy atom. The van der Waals surface area contributed by atoms with Gasteiger partial charge in [0.1, 0.15) is 11.6 Å². The standard InChI is InChI=1S/C9H10BrFOS/c1-13-5-4-12-7-2-3-9(11)8(10)6-7/h2-3,6H,4-5H2,1H3. The molecule has 0 radical (unpaired) electrons. The first-order valence-corrected chi connectivity index (χ1v) is 5.99. The average Bonchev–Trinajstić information content (AvgIpc) is 2.12. The first kappa shape index (κ1) is 10.9. The molecule has 1 rings (SSSR count). The van der Waals surface area contributed by atoms with Gasteiger partial charge in [0, 0.05) is 5.75 Å². The summed E-state index contributed by atoms with van der Waals surface area (Å²) >= 11 is 4.81. The molecule has 0 aliphatic rings. The van der Waals surface area contributed by atoms with Crippen molar-refractivity contribution in [3.05, 3.63) is 28.5 Å². The zero-order valence-electron chi connectivity index (χ0n) is 7.22. The molecule has 0 saturated heterocycles. The van der Waals surface area contributed by atoms with Crippen molar-refractivity contribution in [1.29, 1.82) is 0 Å². The van der Waals surface area contributed by atoms with Crippen LogP contribution in [0.5, 0.6) is 5.75 Å². The Labute approximate surface area is 89.8 Å². The number of hydrogen-bond acceptors (Lipinski definition) is 2. The minimum Gasteiger partial charge on any atom is -0.493 e. The summed E-state index contributed by atoms with van der Waals surface area (Å²) < 4.78 is 18.6. The SMILES string of the molecule is CSCCOc1ccc(F)c(Br)c1. The molecule has 0 aliphatic heterocycles. The normalized spacial score (nSPS) is 10.1. The van der Waals surface area contributed by atoms with Crippen molar-refractivity contribution in [2.24, 2.45) is 0 Å². The van der Waals surface area contributed by atoms with Crippen molar-refractivity contribution < 1.29 is 9.13 Å². The van der Waals surface area contributed by atoms with Gasteiger partial charge in [0.05, 0.1) is 11.1 Å². The lowest BCUT2D eigenvalue weighted by Gasteiger charge is -2.05. The maximum atomic E-state index is 12.8. The van der Waals surface area contributed by atoms with Crippen LogP contribution < -0.4 is 4.74 Å². The lowest BCUT2D eigenvalue weighted by Crippen LogP contribution is -1.99. The fraction of sp³-hybridized carbons (Fsp3) is 0.333. The molecule has 0 aliphatic carbocycles. The van der Waals surface area contributed by atoms with E-state index in [1.807, 2.05) is 6.26 Å². The molecular weight excluding hydrogens is 255 g/mol. The molecule has 0 amide bonds. The summed E-state index contributed by atoms with van der Waals surface area (Å²) in [4.78, 5) is 0. The highest BCUT2D eigenvalue weighted by Crippen LogP contribution is 2.21. The largest absolute Gasteiger partial charge is 0.493 e. The van der Waals surface area contributed by atoms with Crippen LogP contribution in [0.2, 0.25) is 0 Å². The quantitative estimate of drug-likeness (QED) is 0.772. The van der Waals surface area contributed by atoms with Gasteiger partial charge >= 0.3 is 0 Å². The van der Waals surface area contributed by atoms with Gasteiger partial charge in [0.15, 0.2) is 0 Å². The van der Waals surface area contributed by atoms with Gasteiger partial charge in [-0.15, -0.1) is 0 Å². The second kappa shape index (κ2) is 5.50. The Bertz CT molecular complexity index is 280. The van der Waals surface area contributed by atoms with Crippen LogP contribution in [0.15, 0.2) is 22.7 Å². The van der Waals surface area contributed by atoms with Gasteiger partial charge in [0.2, 0.25) is 0 Å². The first-order chi connectivity index (χ1) is 6.24. The smallest absolute Gasteiger partial charge is 0.137 e. The number of ether oxygens (including phenoxy) is 1. The van der Waals surface area contributed by atoms with Gasteiger partial charge in [-0.05, 0) is 40.4 Å². The Morgan fingerprint density at radius 3 is 2.92 bits per heavy atom. The highest BCUT2D eigenvalue weighted by atomic mass is 79.9. The molecular formula is C9H10BrFOS. The molecule has 0 atom stereocenters. The van der Waals surface area contributed by atoms with Crippen LogP contribution in [0.3, 0.4) is 0 Å². The Kier molecular flexibility index (Phi) is 4.59. The molecule has 4 heteroatoms. The predicted octanol–water partition coefficient (Wildman–Crippen LogP) is 3.33. The van der Waals surface area contributed by atoms with E-state index in [0.29, 0.717) is 16.8 Å². The van der Waals surface area contributed by atoms with Crippen LogP contribution in [0.1, 0.15) is 0 Å². The Balaban J connectivity index is 2.53. The van der Waals surface area contributed by atoms with E-state index in [2.05, 4.69) is 15.9 Å². The average molecular weight is 265 g/mol. The fourth-order valence-electron chi connectivity index (χ4n) is 0.809. The molecule has 13 heavy (non-hydrogen) atoms. The van der Waals surface area contributed by atoms with Crippen molar-refractivity contribution in [3.8, 4) is 5.75 Å². The van der Waals surface area contributed by atoms with E-state index in [1.54, 1.807) is 23.9 Å². The third kappa shape index (κ3) is 3.56. The summed E-state index contributed by atoms with van der Waals surface area (Å²) in [5.41, 5.74) is 0. The van der Waals surface area contributed by atoms with Gasteiger partial charge < -0.3 is 4.74 Å². The van der Waals surface area contributed by atoms with E-state index in [0.717, 1.165) is 5.75 Å². The molecule has 0 bridgehead atoms. The highest BCUT2D eigenvalue weighted by Gasteiger charge is 2.00. The Hall–Kier alpha value is -0.220. The minimum absolute atomic E-state index is 0.266. The number of rotatable bonds is 4. The van der Waals surface area contributed by atoms with E-state index in [-0.39, 0.29) is 5.82 Å². The zero-order chi connectivity index (χ0) is 9.68. The second-order valence-corrected chi connectivity index (χ2v) is 4.26. The second-order valence-electron chi connectivity index (χ2n) is 2.42. The van der Waals surface area contributed by atoms with Crippen LogP contribution in [0, 0.1) is 5.82 Å². The minimum atomic E-state index is -0.266. The third-order valence-electron chi connectivity index (χ3n) is 1.45. The monoisotopic (exact) mass is 264 g/mol. The van der Waals surface area contributed by atoms with Crippen molar-refractivity contribution in [2.45, 2.75) is 0 Å². The van der Waals surface area contributed by atoms with E-state index in [9.17, 15) is 4.39 Å². The first-order valence-electron chi connectivity index (χ1n) is 3.81. The molecule has 0 heterocycles. The van der Waals surface area contributed by atoms with Crippen LogP contribution in [-0.4, -0.2) is 18.6 Å². The lowest BCUT2D eigenvalue weighted by atomic mass is 10.3. The molecule has 1 aromatic carbocycles. The lowest BCUT2D eigenvalue weighted by molar-refractivity contribution is 0.343. The number of hydrogen-bond donors (Lipinski definition) is 0. The molecule has 0 fully saturated rings. The van der Waals surface area contributed by atoms with E-state index >= 15 is 0 Å².